The van der Waals surface area contributed by atoms with Gasteiger partial charge in [-0.3, -0.25) is 19.6 Å². The molecule has 0 radical (unpaired) electrons. The number of aromatic nitrogens is 6. The van der Waals surface area contributed by atoms with Crippen LogP contribution >= 0.6 is 0 Å². The number of pyridine rings is 2. The zero-order chi connectivity index (χ0) is 41.7. The molecule has 0 aliphatic rings. The van der Waals surface area contributed by atoms with Crippen LogP contribution in [0.5, 0.6) is 11.5 Å². The van der Waals surface area contributed by atoms with E-state index < -0.39 is 5.97 Å². The molecule has 1 N–H and O–H groups in total. The minimum Gasteiger partial charge on any atom is -0.494 e. The first-order chi connectivity index (χ1) is 28.9. The van der Waals surface area contributed by atoms with Gasteiger partial charge in [-0.05, 0) is 99.9 Å². The van der Waals surface area contributed by atoms with Gasteiger partial charge >= 0.3 is 11.9 Å². The summed E-state index contributed by atoms with van der Waals surface area (Å²) in [7, 11) is 4.84. The molecular weight excluding hydrogens is 753 g/mol. The van der Waals surface area contributed by atoms with Crippen LogP contribution in [0.3, 0.4) is 0 Å². The Morgan fingerprint density at radius 2 is 1.08 bits per heavy atom. The summed E-state index contributed by atoms with van der Waals surface area (Å²) in [4.78, 5) is 39.8. The number of aliphatic carboxylic acids is 1. The van der Waals surface area contributed by atoms with Crippen LogP contribution in [0, 0.1) is 0 Å². The molecule has 59 heavy (non-hydrogen) atoms. The van der Waals surface area contributed by atoms with Crippen LogP contribution in [0.15, 0.2) is 85.5 Å². The SMILES string of the molecule is COCCCn1c(-c2cccnc2)nc2ccc(OCCCCCC(=O)O)cc21.COCCCn1c(-c2cccnc2)nc2ccc(OCCCCCC(=O)OC)cc21. The summed E-state index contributed by atoms with van der Waals surface area (Å²) >= 11 is 0. The van der Waals surface area contributed by atoms with Crippen LogP contribution in [0.2, 0.25) is 0 Å². The first kappa shape index (κ1) is 44.2. The van der Waals surface area contributed by atoms with Gasteiger partial charge in [0.25, 0.3) is 0 Å². The van der Waals surface area contributed by atoms with Crippen LogP contribution in [-0.4, -0.2) is 93.9 Å². The van der Waals surface area contributed by atoms with Crippen molar-refractivity contribution in [3.63, 3.8) is 0 Å². The number of unbranched alkanes of at least 4 members (excludes halogenated alkanes) is 4. The van der Waals surface area contributed by atoms with Crippen molar-refractivity contribution in [1.82, 2.24) is 29.1 Å². The summed E-state index contributed by atoms with van der Waals surface area (Å²) in [5.74, 6) is 2.49. The fourth-order valence-electron chi connectivity index (χ4n) is 6.59. The zero-order valence-corrected chi connectivity index (χ0v) is 34.4. The van der Waals surface area contributed by atoms with Crippen LogP contribution in [0.25, 0.3) is 44.8 Å². The normalized spacial score (nSPS) is 11.0. The smallest absolute Gasteiger partial charge is 0.305 e. The van der Waals surface area contributed by atoms with Gasteiger partial charge in [0.1, 0.15) is 23.1 Å². The summed E-state index contributed by atoms with van der Waals surface area (Å²) in [5, 5.41) is 8.69. The van der Waals surface area contributed by atoms with Crippen molar-refractivity contribution in [2.75, 3.05) is 47.8 Å². The molecule has 0 bridgehead atoms. The molecule has 14 heteroatoms. The van der Waals surface area contributed by atoms with Crippen LogP contribution < -0.4 is 9.47 Å². The Balaban J connectivity index is 0.000000224. The fourth-order valence-corrected chi connectivity index (χ4v) is 6.59. The Hall–Kier alpha value is -5.86. The highest BCUT2D eigenvalue weighted by molar-refractivity contribution is 5.83. The lowest BCUT2D eigenvalue weighted by molar-refractivity contribution is -0.141. The molecule has 314 valence electrons. The van der Waals surface area contributed by atoms with Crippen molar-refractivity contribution in [3.8, 4) is 34.3 Å². The molecule has 0 atom stereocenters. The topological polar surface area (TPSA) is 162 Å². The van der Waals surface area contributed by atoms with Crippen molar-refractivity contribution in [1.29, 1.82) is 0 Å². The zero-order valence-electron chi connectivity index (χ0n) is 34.4. The molecule has 0 saturated carbocycles. The molecule has 2 aromatic carbocycles. The van der Waals surface area contributed by atoms with Crippen LogP contribution in [0.4, 0.5) is 0 Å². The van der Waals surface area contributed by atoms with Gasteiger partial charge in [0.05, 0.1) is 42.4 Å². The molecule has 4 heterocycles. The molecule has 14 nitrogen and oxygen atoms in total. The van der Waals surface area contributed by atoms with Gasteiger partial charge in [0.2, 0.25) is 0 Å². The average molecular weight is 809 g/mol. The monoisotopic (exact) mass is 808 g/mol. The van der Waals surface area contributed by atoms with Gasteiger partial charge in [0, 0.05) is 101 Å². The Kier molecular flexibility index (Phi) is 18.1. The molecule has 6 rings (SSSR count). The summed E-state index contributed by atoms with van der Waals surface area (Å²) in [6.45, 7) is 4.13. The number of nitrogens with zero attached hydrogens (tertiary/aromatic N) is 6. The lowest BCUT2D eigenvalue weighted by atomic mass is 10.2. The van der Waals surface area contributed by atoms with Gasteiger partial charge in [0.15, 0.2) is 0 Å². The Labute approximate surface area is 345 Å². The Morgan fingerprint density at radius 1 is 0.593 bits per heavy atom. The molecule has 0 aliphatic carbocycles. The van der Waals surface area contributed by atoms with Gasteiger partial charge in [-0.2, -0.15) is 0 Å². The van der Waals surface area contributed by atoms with E-state index >= 15 is 0 Å². The third-order valence-corrected chi connectivity index (χ3v) is 9.56. The van der Waals surface area contributed by atoms with Crippen molar-refractivity contribution < 1.29 is 38.4 Å². The third kappa shape index (κ3) is 13.6. The number of aryl methyl sites for hydroxylation is 2. The fraction of sp³-hybridized carbons (Fsp3) is 0.422. The van der Waals surface area contributed by atoms with E-state index in [1.165, 1.54) is 7.11 Å². The van der Waals surface area contributed by atoms with Crippen LogP contribution in [-0.2, 0) is 36.9 Å². The van der Waals surface area contributed by atoms with Crippen molar-refractivity contribution in [2.45, 2.75) is 77.3 Å². The number of esters is 1. The molecule has 6 aromatic rings. The average Bonchev–Trinajstić information content (AvgIpc) is 3.81. The number of carboxylic acid groups (broad SMARTS) is 1. The summed E-state index contributed by atoms with van der Waals surface area (Å²) in [6, 6.07) is 19.8. The predicted octanol–water partition coefficient (Wildman–Crippen LogP) is 8.41. The van der Waals surface area contributed by atoms with Gasteiger partial charge in [-0.15, -0.1) is 0 Å². The molecule has 0 unspecified atom stereocenters. The van der Waals surface area contributed by atoms with Gasteiger partial charge in [-0.1, -0.05) is 0 Å². The number of hydrogen-bond donors (Lipinski definition) is 1. The lowest BCUT2D eigenvalue weighted by Gasteiger charge is -2.10. The van der Waals surface area contributed by atoms with E-state index in [1.54, 1.807) is 26.6 Å². The molecule has 4 aromatic heterocycles. The lowest BCUT2D eigenvalue weighted by Crippen LogP contribution is -2.04. The van der Waals surface area contributed by atoms with E-state index in [9.17, 15) is 9.59 Å². The van der Waals surface area contributed by atoms with Crippen LogP contribution in [0.1, 0.15) is 64.2 Å². The second-order valence-electron chi connectivity index (χ2n) is 13.9. The Morgan fingerprint density at radius 3 is 1.51 bits per heavy atom. The highest BCUT2D eigenvalue weighted by atomic mass is 16.5. The van der Waals surface area contributed by atoms with E-state index in [1.807, 2.05) is 73.1 Å². The van der Waals surface area contributed by atoms with Gasteiger partial charge in [-0.25, -0.2) is 9.97 Å². The molecule has 0 spiro atoms. The predicted molar refractivity (Wildman–Crippen MR) is 226 cm³/mol. The number of ether oxygens (including phenoxy) is 5. The number of methoxy groups -OCH3 is 3. The molecule has 0 saturated heterocycles. The molecule has 0 fully saturated rings. The maximum absolute atomic E-state index is 11.1. The number of carbonyl (C=O) groups excluding carboxylic acids is 1. The standard InChI is InChI=1S/C23H29N3O4.C22H27N3O4/c1-28-14-7-13-26-21-16-19(30-15-5-3-4-9-22(27)29-2)10-11-20(21)25-23(26)18-8-6-12-24-17-18;1-28-13-6-12-25-20-15-18(29-14-4-2-3-8-21(26)27)9-10-19(20)24-22(25)17-7-5-11-23-16-17/h6,8,10-12,16-17H,3-5,7,9,13-15H2,1-2H3;5,7,9-11,15-16H,2-4,6,8,12-14H2,1H3,(H,26,27). The van der Waals surface area contributed by atoms with Crippen molar-refractivity contribution in [3.05, 3.63) is 85.5 Å². The maximum Gasteiger partial charge on any atom is 0.305 e. The second kappa shape index (κ2) is 24.2. The summed E-state index contributed by atoms with van der Waals surface area (Å²) in [6.07, 6.45) is 14.6. The van der Waals surface area contributed by atoms with Crippen molar-refractivity contribution >= 4 is 34.0 Å². The number of rotatable bonds is 24. The number of benzene rings is 2. The van der Waals surface area contributed by atoms with E-state index in [4.69, 9.17) is 34.0 Å². The van der Waals surface area contributed by atoms with E-state index in [2.05, 4.69) is 23.8 Å². The van der Waals surface area contributed by atoms with E-state index in [0.717, 1.165) is 114 Å². The van der Waals surface area contributed by atoms with E-state index in [-0.39, 0.29) is 12.4 Å². The van der Waals surface area contributed by atoms with E-state index in [0.29, 0.717) is 39.3 Å². The number of imidazole rings is 2. The minimum absolute atomic E-state index is 0.160. The molecular formula is C45H56N6O8. The maximum atomic E-state index is 11.1. The third-order valence-electron chi connectivity index (χ3n) is 9.56. The minimum atomic E-state index is -0.748. The second-order valence-corrected chi connectivity index (χ2v) is 13.9. The molecule has 0 aliphatic heterocycles. The summed E-state index contributed by atoms with van der Waals surface area (Å²) in [5.41, 5.74) is 5.85. The number of carboxylic acids is 1. The first-order valence-corrected chi connectivity index (χ1v) is 20.2. The largest absolute Gasteiger partial charge is 0.494 e. The highest BCUT2D eigenvalue weighted by Crippen LogP contribution is 2.29. The number of carbonyl (C=O) groups is 2. The summed E-state index contributed by atoms with van der Waals surface area (Å²) < 4.78 is 31.3. The van der Waals surface area contributed by atoms with Gasteiger partial charge < -0.3 is 37.9 Å². The first-order valence-electron chi connectivity index (χ1n) is 20.2. The quantitative estimate of drug-likeness (QED) is 0.0460. The number of fused-ring (bicyclic) bond motifs is 2. The highest BCUT2D eigenvalue weighted by Gasteiger charge is 2.15. The molecule has 0 amide bonds. The Bertz CT molecular complexity index is 2170. The number of hydrogen-bond acceptors (Lipinski definition) is 11. The van der Waals surface area contributed by atoms with Crippen molar-refractivity contribution in [2.24, 2.45) is 0 Å².